The number of anilines is 1. The molecule has 2 aromatic carbocycles. The van der Waals surface area contributed by atoms with Crippen LogP contribution in [0.4, 0.5) is 5.69 Å². The molecule has 0 spiro atoms. The van der Waals surface area contributed by atoms with Gasteiger partial charge in [0.05, 0.1) is 17.6 Å². The largest absolute Gasteiger partial charge is 0.507 e. The summed E-state index contributed by atoms with van der Waals surface area (Å²) in [6.07, 6.45) is 3.95. The van der Waals surface area contributed by atoms with Crippen LogP contribution in [0.5, 0.6) is 11.5 Å². The first-order valence-electron chi connectivity index (χ1n) is 9.81. The summed E-state index contributed by atoms with van der Waals surface area (Å²) in [4.78, 5) is 13.1. The molecular formula is C23H27NO4S. The van der Waals surface area contributed by atoms with E-state index in [2.05, 4.69) is 19.2 Å². The van der Waals surface area contributed by atoms with E-state index in [9.17, 15) is 9.90 Å². The van der Waals surface area contributed by atoms with Gasteiger partial charge in [-0.15, -0.1) is 11.8 Å². The number of methoxy groups -OCH3 is 1. The van der Waals surface area contributed by atoms with Crippen LogP contribution in [0.2, 0.25) is 0 Å². The van der Waals surface area contributed by atoms with Crippen LogP contribution in [-0.4, -0.2) is 24.4 Å². The molecular weight excluding hydrogens is 386 g/mol. The maximum atomic E-state index is 12.2. The number of rotatable bonds is 7. The van der Waals surface area contributed by atoms with Crippen LogP contribution in [0.15, 0.2) is 33.6 Å². The van der Waals surface area contributed by atoms with Crippen molar-refractivity contribution < 1.29 is 19.1 Å². The molecule has 3 rings (SSSR count). The van der Waals surface area contributed by atoms with E-state index in [1.807, 2.05) is 19.2 Å². The monoisotopic (exact) mass is 413 g/mol. The number of hydrogen-bond donors (Lipinski definition) is 2. The first-order chi connectivity index (χ1) is 14.0. The molecule has 0 bridgehead atoms. The molecule has 0 aliphatic heterocycles. The third-order valence-corrected chi connectivity index (χ3v) is 5.89. The Bertz CT molecular complexity index is 1050. The Morgan fingerprint density at radius 1 is 1.21 bits per heavy atom. The summed E-state index contributed by atoms with van der Waals surface area (Å²) in [5, 5.41) is 14.6. The van der Waals surface area contributed by atoms with E-state index in [-0.39, 0.29) is 11.7 Å². The summed E-state index contributed by atoms with van der Waals surface area (Å²) in [5.74, 6) is 1.31. The van der Waals surface area contributed by atoms with Gasteiger partial charge in [0.25, 0.3) is 0 Å². The maximum absolute atomic E-state index is 12.2. The molecule has 0 atom stereocenters. The Morgan fingerprint density at radius 3 is 2.52 bits per heavy atom. The van der Waals surface area contributed by atoms with Gasteiger partial charge >= 0.3 is 0 Å². The Hall–Kier alpha value is -2.60. The van der Waals surface area contributed by atoms with E-state index in [0.717, 1.165) is 45.5 Å². The zero-order chi connectivity index (χ0) is 21.1. The fraction of sp³-hybridized carbons (Fsp3) is 0.348. The van der Waals surface area contributed by atoms with Crippen LogP contribution in [0.1, 0.15) is 38.3 Å². The number of phenols is 1. The number of aromatic hydroxyl groups is 1. The molecule has 154 valence electrons. The zero-order valence-corrected chi connectivity index (χ0v) is 18.3. The van der Waals surface area contributed by atoms with Gasteiger partial charge in [0.1, 0.15) is 17.1 Å². The van der Waals surface area contributed by atoms with Crippen molar-refractivity contribution in [1.82, 2.24) is 0 Å². The van der Waals surface area contributed by atoms with Gasteiger partial charge in [-0.2, -0.15) is 0 Å². The lowest BCUT2D eigenvalue weighted by Crippen LogP contribution is -2.13. The molecule has 0 saturated heterocycles. The van der Waals surface area contributed by atoms with Crippen molar-refractivity contribution in [2.45, 2.75) is 44.9 Å². The number of carbonyl (C=O) groups is 1. The van der Waals surface area contributed by atoms with Crippen LogP contribution in [0, 0.1) is 0 Å². The number of benzene rings is 2. The van der Waals surface area contributed by atoms with Crippen molar-refractivity contribution in [1.29, 1.82) is 0 Å². The molecule has 0 radical (unpaired) electrons. The van der Waals surface area contributed by atoms with Crippen LogP contribution in [0.3, 0.4) is 0 Å². The van der Waals surface area contributed by atoms with Gasteiger partial charge in [0.15, 0.2) is 5.76 Å². The number of ether oxygens (including phenoxy) is 1. The fourth-order valence-electron chi connectivity index (χ4n) is 3.59. The first-order valence-corrected chi connectivity index (χ1v) is 11.0. The predicted octanol–water partition coefficient (Wildman–Crippen LogP) is 6.01. The van der Waals surface area contributed by atoms with Crippen molar-refractivity contribution in [2.75, 3.05) is 18.7 Å². The average molecular weight is 414 g/mol. The number of furan rings is 1. The van der Waals surface area contributed by atoms with Gasteiger partial charge < -0.3 is 19.6 Å². The van der Waals surface area contributed by atoms with Crippen molar-refractivity contribution >= 4 is 34.3 Å². The number of nitrogens with one attached hydrogen (secondary N) is 1. The van der Waals surface area contributed by atoms with Gasteiger partial charge in [-0.25, -0.2) is 0 Å². The van der Waals surface area contributed by atoms with Gasteiger partial charge in [0.2, 0.25) is 5.91 Å². The normalized spacial score (nSPS) is 11.1. The zero-order valence-electron chi connectivity index (χ0n) is 17.5. The standard InChI is InChI=1S/C23H27NO4S/c1-6-13-11-18-20(15(7-2)21(13)24-19(26)8-3)23(29-5)22(28-18)16-10-9-14(27-4)12-17(16)25/h9-12,25H,6-8H2,1-5H3,(H,24,26). The average Bonchev–Trinajstić information content (AvgIpc) is 3.10. The van der Waals surface area contributed by atoms with E-state index in [1.165, 1.54) is 0 Å². The highest BCUT2D eigenvalue weighted by atomic mass is 32.2. The molecule has 0 aliphatic carbocycles. The molecule has 1 heterocycles. The van der Waals surface area contributed by atoms with E-state index in [1.54, 1.807) is 37.1 Å². The van der Waals surface area contributed by atoms with Crippen LogP contribution in [0.25, 0.3) is 22.3 Å². The summed E-state index contributed by atoms with van der Waals surface area (Å²) in [7, 11) is 1.56. The summed E-state index contributed by atoms with van der Waals surface area (Å²) < 4.78 is 11.5. The minimum absolute atomic E-state index is 0.00373. The molecule has 29 heavy (non-hydrogen) atoms. The van der Waals surface area contributed by atoms with Gasteiger partial charge in [-0.05, 0) is 48.4 Å². The van der Waals surface area contributed by atoms with Gasteiger partial charge in [0, 0.05) is 23.6 Å². The van der Waals surface area contributed by atoms with E-state index < -0.39 is 0 Å². The van der Waals surface area contributed by atoms with Crippen LogP contribution in [-0.2, 0) is 17.6 Å². The number of phenolic OH excluding ortho intramolecular Hbond substituents is 1. The smallest absolute Gasteiger partial charge is 0.224 e. The quantitative estimate of drug-likeness (QED) is 0.464. The third-order valence-electron chi connectivity index (χ3n) is 5.10. The van der Waals surface area contributed by atoms with Crippen molar-refractivity contribution in [3.8, 4) is 22.8 Å². The second kappa shape index (κ2) is 8.82. The number of fused-ring (bicyclic) bond motifs is 1. The third kappa shape index (κ3) is 3.81. The second-order valence-corrected chi connectivity index (χ2v) is 7.54. The molecule has 1 aromatic heterocycles. The number of carbonyl (C=O) groups excluding carboxylic acids is 1. The Labute approximate surface area is 175 Å². The SMILES string of the molecule is CCC(=O)Nc1c(CC)cc2oc(-c3ccc(OC)cc3O)c(SC)c2c1CC. The molecule has 2 N–H and O–H groups in total. The highest BCUT2D eigenvalue weighted by Crippen LogP contribution is 2.46. The highest BCUT2D eigenvalue weighted by molar-refractivity contribution is 7.99. The molecule has 0 fully saturated rings. The number of aryl methyl sites for hydroxylation is 2. The van der Waals surface area contributed by atoms with Crippen molar-refractivity contribution in [2.24, 2.45) is 0 Å². The molecule has 3 aromatic rings. The second-order valence-electron chi connectivity index (χ2n) is 6.72. The minimum atomic E-state index is -0.00373. The Kier molecular flexibility index (Phi) is 6.42. The summed E-state index contributed by atoms with van der Waals surface area (Å²) in [6, 6.07) is 7.19. The minimum Gasteiger partial charge on any atom is -0.507 e. The number of amides is 1. The summed E-state index contributed by atoms with van der Waals surface area (Å²) in [6.45, 7) is 6.00. The fourth-order valence-corrected chi connectivity index (χ4v) is 4.35. The first kappa shape index (κ1) is 21.1. The van der Waals surface area contributed by atoms with Crippen LogP contribution >= 0.6 is 11.8 Å². The molecule has 5 nitrogen and oxygen atoms in total. The lowest BCUT2D eigenvalue weighted by atomic mass is 9.98. The molecule has 6 heteroatoms. The van der Waals surface area contributed by atoms with Gasteiger partial charge in [-0.3, -0.25) is 4.79 Å². The van der Waals surface area contributed by atoms with E-state index in [0.29, 0.717) is 23.5 Å². The lowest BCUT2D eigenvalue weighted by Gasteiger charge is -2.15. The van der Waals surface area contributed by atoms with E-state index in [4.69, 9.17) is 9.15 Å². The topological polar surface area (TPSA) is 71.7 Å². The van der Waals surface area contributed by atoms with Crippen molar-refractivity contribution in [3.63, 3.8) is 0 Å². The maximum Gasteiger partial charge on any atom is 0.224 e. The Balaban J connectivity index is 2.31. The number of thioether (sulfide) groups is 1. The summed E-state index contributed by atoms with van der Waals surface area (Å²) >= 11 is 1.57. The number of hydrogen-bond acceptors (Lipinski definition) is 5. The van der Waals surface area contributed by atoms with Gasteiger partial charge in [-0.1, -0.05) is 20.8 Å². The molecule has 1 amide bonds. The molecule has 0 saturated carbocycles. The molecule has 0 unspecified atom stereocenters. The lowest BCUT2D eigenvalue weighted by molar-refractivity contribution is -0.115. The van der Waals surface area contributed by atoms with E-state index >= 15 is 0 Å². The summed E-state index contributed by atoms with van der Waals surface area (Å²) in [5.41, 5.74) is 4.38. The predicted molar refractivity (Wildman–Crippen MR) is 119 cm³/mol. The Morgan fingerprint density at radius 2 is 1.97 bits per heavy atom. The highest BCUT2D eigenvalue weighted by Gasteiger charge is 2.24. The molecule has 0 aliphatic rings. The van der Waals surface area contributed by atoms with Crippen LogP contribution < -0.4 is 10.1 Å². The van der Waals surface area contributed by atoms with Crippen molar-refractivity contribution in [3.05, 3.63) is 35.4 Å².